The Bertz CT molecular complexity index is 1170. The number of hydrogen-bond acceptors (Lipinski definition) is 7. The van der Waals surface area contributed by atoms with Gasteiger partial charge in [-0.1, -0.05) is 60.7 Å². The third-order valence-electron chi connectivity index (χ3n) is 6.03. The van der Waals surface area contributed by atoms with Crippen LogP contribution in [0, 0.1) is 0 Å². The standard InChI is InChI=1S/C26H26N2O6/c1-33-25(31)20-12-6-11-19(23(20)27)24(30)22(29)13-28-26(32)34-14-21-17-9-4-2-7-15(17)16-8-3-5-10-18(16)21/h2-12,21-22,24,29-30H,13-14,27H2,1H3,(H,28,32). The lowest BCUT2D eigenvalue weighted by molar-refractivity contribution is 0.0189. The summed E-state index contributed by atoms with van der Waals surface area (Å²) in [5.74, 6) is -0.743. The molecule has 1 aliphatic rings. The second kappa shape index (κ2) is 9.94. The van der Waals surface area contributed by atoms with E-state index in [1.807, 2.05) is 48.5 Å². The topological polar surface area (TPSA) is 131 Å². The molecule has 1 aliphatic carbocycles. The van der Waals surface area contributed by atoms with E-state index in [9.17, 15) is 19.8 Å². The maximum atomic E-state index is 12.3. The molecule has 0 saturated carbocycles. The molecule has 0 spiro atoms. The lowest BCUT2D eigenvalue weighted by atomic mass is 9.98. The number of hydrogen-bond donors (Lipinski definition) is 4. The predicted molar refractivity (Wildman–Crippen MR) is 126 cm³/mol. The predicted octanol–water partition coefficient (Wildman–Crippen LogP) is 2.99. The molecule has 0 aliphatic heterocycles. The second-order valence-electron chi connectivity index (χ2n) is 8.02. The minimum absolute atomic E-state index is 0.00189. The van der Waals surface area contributed by atoms with Crippen molar-refractivity contribution in [2.75, 3.05) is 26.0 Å². The van der Waals surface area contributed by atoms with Gasteiger partial charge in [-0.25, -0.2) is 9.59 Å². The van der Waals surface area contributed by atoms with Crippen LogP contribution in [0.1, 0.15) is 39.1 Å². The molecular weight excluding hydrogens is 436 g/mol. The van der Waals surface area contributed by atoms with Gasteiger partial charge in [0.1, 0.15) is 18.8 Å². The van der Waals surface area contributed by atoms with Crippen molar-refractivity contribution in [1.82, 2.24) is 5.32 Å². The summed E-state index contributed by atoms with van der Waals surface area (Å²) < 4.78 is 10.1. The molecule has 3 aromatic carbocycles. The minimum atomic E-state index is -1.43. The molecule has 1 amide bonds. The quantitative estimate of drug-likeness (QED) is 0.314. The Morgan fingerprint density at radius 3 is 2.21 bits per heavy atom. The van der Waals surface area contributed by atoms with E-state index in [-0.39, 0.29) is 35.9 Å². The van der Waals surface area contributed by atoms with Crippen molar-refractivity contribution in [1.29, 1.82) is 0 Å². The third kappa shape index (κ3) is 4.46. The molecular formula is C26H26N2O6. The number of amides is 1. The summed E-state index contributed by atoms with van der Waals surface area (Å²) in [6.45, 7) is -0.146. The van der Waals surface area contributed by atoms with Crippen molar-refractivity contribution in [2.24, 2.45) is 0 Å². The number of benzene rings is 3. The van der Waals surface area contributed by atoms with Crippen molar-refractivity contribution >= 4 is 17.7 Å². The van der Waals surface area contributed by atoms with Gasteiger partial charge in [0, 0.05) is 18.0 Å². The van der Waals surface area contributed by atoms with Gasteiger partial charge in [0.25, 0.3) is 0 Å². The third-order valence-corrected chi connectivity index (χ3v) is 6.03. The number of carbonyl (C=O) groups excluding carboxylic acids is 2. The molecule has 2 atom stereocenters. The zero-order valence-electron chi connectivity index (χ0n) is 18.6. The van der Waals surface area contributed by atoms with Crippen LogP contribution in [-0.2, 0) is 9.47 Å². The summed E-state index contributed by atoms with van der Waals surface area (Å²) in [5, 5.41) is 23.4. The second-order valence-corrected chi connectivity index (χ2v) is 8.02. The number of alkyl carbamates (subject to hydrolysis) is 1. The highest BCUT2D eigenvalue weighted by Gasteiger charge is 2.29. The fraction of sp³-hybridized carbons (Fsp3) is 0.231. The number of carbonyl (C=O) groups is 2. The molecule has 0 aromatic heterocycles. The summed E-state index contributed by atoms with van der Waals surface area (Å²) in [6.07, 6.45) is -3.53. The van der Waals surface area contributed by atoms with Crippen molar-refractivity contribution in [3.05, 3.63) is 89.0 Å². The summed E-state index contributed by atoms with van der Waals surface area (Å²) in [7, 11) is 1.22. The first-order chi connectivity index (χ1) is 16.4. The van der Waals surface area contributed by atoms with Gasteiger partial charge in [-0.05, 0) is 28.3 Å². The molecule has 0 saturated heterocycles. The first kappa shape index (κ1) is 23.3. The van der Waals surface area contributed by atoms with E-state index in [4.69, 9.17) is 10.5 Å². The number of rotatable bonds is 7. The number of fused-ring (bicyclic) bond motifs is 3. The molecule has 0 bridgehead atoms. The number of nitrogen functional groups attached to an aromatic ring is 1. The average Bonchev–Trinajstić information content (AvgIpc) is 3.19. The molecule has 2 unspecified atom stereocenters. The van der Waals surface area contributed by atoms with Gasteiger partial charge in [-0.15, -0.1) is 0 Å². The van der Waals surface area contributed by atoms with Crippen LogP contribution in [0.15, 0.2) is 66.7 Å². The van der Waals surface area contributed by atoms with Crippen LogP contribution < -0.4 is 11.1 Å². The van der Waals surface area contributed by atoms with E-state index in [0.29, 0.717) is 0 Å². The maximum absolute atomic E-state index is 12.3. The number of nitrogens with two attached hydrogens (primary N) is 1. The van der Waals surface area contributed by atoms with Gasteiger partial charge < -0.3 is 30.7 Å². The highest BCUT2D eigenvalue weighted by molar-refractivity contribution is 5.95. The Morgan fingerprint density at radius 2 is 1.59 bits per heavy atom. The number of esters is 1. The minimum Gasteiger partial charge on any atom is -0.465 e. The van der Waals surface area contributed by atoms with Gasteiger partial charge in [0.05, 0.1) is 18.4 Å². The Balaban J connectivity index is 1.36. The number of methoxy groups -OCH3 is 1. The van der Waals surface area contributed by atoms with Gasteiger partial charge in [-0.2, -0.15) is 0 Å². The Labute approximate surface area is 196 Å². The average molecular weight is 463 g/mol. The molecule has 0 fully saturated rings. The molecule has 8 nitrogen and oxygen atoms in total. The lowest BCUT2D eigenvalue weighted by Gasteiger charge is -2.21. The summed E-state index contributed by atoms with van der Waals surface area (Å²) in [5.41, 5.74) is 10.6. The summed E-state index contributed by atoms with van der Waals surface area (Å²) in [4.78, 5) is 24.1. The van der Waals surface area contributed by atoms with E-state index in [1.54, 1.807) is 0 Å². The van der Waals surface area contributed by atoms with Crippen molar-refractivity contribution in [3.63, 3.8) is 0 Å². The van der Waals surface area contributed by atoms with E-state index in [2.05, 4.69) is 10.1 Å². The van der Waals surface area contributed by atoms with E-state index in [0.717, 1.165) is 22.3 Å². The highest BCUT2D eigenvalue weighted by Crippen LogP contribution is 2.44. The van der Waals surface area contributed by atoms with Crippen LogP contribution >= 0.6 is 0 Å². The first-order valence-corrected chi connectivity index (χ1v) is 10.8. The molecule has 0 heterocycles. The van der Waals surface area contributed by atoms with Crippen LogP contribution in [0.4, 0.5) is 10.5 Å². The van der Waals surface area contributed by atoms with Crippen molar-refractivity contribution in [2.45, 2.75) is 18.1 Å². The van der Waals surface area contributed by atoms with Crippen LogP contribution in [0.3, 0.4) is 0 Å². The molecule has 3 aromatic rings. The van der Waals surface area contributed by atoms with Crippen molar-refractivity contribution < 1.29 is 29.3 Å². The number of para-hydroxylation sites is 1. The van der Waals surface area contributed by atoms with Crippen LogP contribution in [0.25, 0.3) is 11.1 Å². The zero-order valence-corrected chi connectivity index (χ0v) is 18.6. The summed E-state index contributed by atoms with van der Waals surface area (Å²) >= 11 is 0. The number of anilines is 1. The monoisotopic (exact) mass is 462 g/mol. The fourth-order valence-corrected chi connectivity index (χ4v) is 4.29. The van der Waals surface area contributed by atoms with Gasteiger partial charge in [-0.3, -0.25) is 0 Å². The van der Waals surface area contributed by atoms with Crippen LogP contribution in [-0.4, -0.2) is 48.6 Å². The lowest BCUT2D eigenvalue weighted by Crippen LogP contribution is -2.36. The smallest absolute Gasteiger partial charge is 0.407 e. The number of aliphatic hydroxyl groups excluding tert-OH is 2. The Kier molecular flexibility index (Phi) is 6.81. The molecule has 34 heavy (non-hydrogen) atoms. The van der Waals surface area contributed by atoms with Crippen LogP contribution in [0.2, 0.25) is 0 Å². The Hall–Kier alpha value is -3.88. The van der Waals surface area contributed by atoms with Gasteiger partial charge >= 0.3 is 12.1 Å². The number of nitrogens with one attached hydrogen (secondary N) is 1. The Morgan fingerprint density at radius 1 is 0.971 bits per heavy atom. The largest absolute Gasteiger partial charge is 0.465 e. The van der Waals surface area contributed by atoms with Crippen molar-refractivity contribution in [3.8, 4) is 11.1 Å². The molecule has 5 N–H and O–H groups in total. The molecule has 0 radical (unpaired) electrons. The number of aliphatic hydroxyl groups is 2. The summed E-state index contributed by atoms with van der Waals surface area (Å²) in [6, 6.07) is 20.5. The maximum Gasteiger partial charge on any atom is 0.407 e. The highest BCUT2D eigenvalue weighted by atomic mass is 16.5. The van der Waals surface area contributed by atoms with E-state index in [1.165, 1.54) is 25.3 Å². The SMILES string of the molecule is COC(=O)c1cccc(C(O)C(O)CNC(=O)OCC2c3ccccc3-c3ccccc32)c1N. The fourth-order valence-electron chi connectivity index (χ4n) is 4.29. The molecule has 4 rings (SSSR count). The molecule has 176 valence electrons. The van der Waals surface area contributed by atoms with E-state index >= 15 is 0 Å². The van der Waals surface area contributed by atoms with E-state index < -0.39 is 24.3 Å². The number of ether oxygens (including phenoxy) is 2. The van der Waals surface area contributed by atoms with Gasteiger partial charge in [0.15, 0.2) is 0 Å². The van der Waals surface area contributed by atoms with Crippen LogP contribution in [0.5, 0.6) is 0 Å². The zero-order chi connectivity index (χ0) is 24.2. The first-order valence-electron chi connectivity index (χ1n) is 10.8. The molecule has 8 heteroatoms. The normalized spacial score (nSPS) is 14.0. The van der Waals surface area contributed by atoms with Gasteiger partial charge in [0.2, 0.25) is 0 Å².